The van der Waals surface area contributed by atoms with E-state index in [2.05, 4.69) is 10.3 Å². The molecule has 0 radical (unpaired) electrons. The fourth-order valence-electron chi connectivity index (χ4n) is 4.19. The summed E-state index contributed by atoms with van der Waals surface area (Å²) in [6.45, 7) is 0.249. The summed E-state index contributed by atoms with van der Waals surface area (Å²) in [6.07, 6.45) is 3.78. The molecule has 2 aromatic carbocycles. The topological polar surface area (TPSA) is 125 Å². The van der Waals surface area contributed by atoms with Crippen molar-refractivity contribution in [1.82, 2.24) is 14.6 Å². The van der Waals surface area contributed by atoms with Gasteiger partial charge in [-0.1, -0.05) is 42.8 Å². The van der Waals surface area contributed by atoms with E-state index < -0.39 is 33.9 Å². The van der Waals surface area contributed by atoms with Gasteiger partial charge in [-0.2, -0.15) is 4.31 Å². The minimum Gasteiger partial charge on any atom is -0.368 e. The van der Waals surface area contributed by atoms with Crippen LogP contribution in [0.3, 0.4) is 0 Å². The van der Waals surface area contributed by atoms with Crippen molar-refractivity contribution in [3.05, 3.63) is 66.4 Å². The van der Waals surface area contributed by atoms with Gasteiger partial charge < -0.3 is 16.0 Å². The van der Waals surface area contributed by atoms with Crippen molar-refractivity contribution in [2.75, 3.05) is 6.54 Å². The van der Waals surface area contributed by atoms with E-state index in [0.29, 0.717) is 12.8 Å². The van der Waals surface area contributed by atoms with Gasteiger partial charge in [0.1, 0.15) is 12.1 Å². The molecule has 3 aromatic rings. The van der Waals surface area contributed by atoms with Crippen LogP contribution < -0.4 is 11.1 Å². The summed E-state index contributed by atoms with van der Waals surface area (Å²) in [5.41, 5.74) is 7.36. The monoisotopic (exact) mass is 454 g/mol. The standard InChI is InChI=1S/C23H26N4O4S/c24-22(28)20(14-16-15-25-19-11-5-4-10-18(16)19)26-23(29)21-12-6-7-13-27(21)32(30,31)17-8-2-1-3-9-17/h1-5,8-11,15,20-21,25H,6-7,12-14H2,(H2,24,28)(H,26,29)/t20-,21+/m1/s1. The minimum atomic E-state index is -3.84. The van der Waals surface area contributed by atoms with Gasteiger partial charge in [-0.25, -0.2) is 8.42 Å². The van der Waals surface area contributed by atoms with Gasteiger partial charge in [-0.15, -0.1) is 0 Å². The number of primary amides is 1. The van der Waals surface area contributed by atoms with Crippen LogP contribution in [0.1, 0.15) is 24.8 Å². The van der Waals surface area contributed by atoms with Gasteiger partial charge in [-0.05, 0) is 36.6 Å². The molecule has 1 aliphatic rings. The third kappa shape index (κ3) is 4.39. The molecule has 0 bridgehead atoms. The Kier molecular flexibility index (Phi) is 6.29. The number of fused-ring (bicyclic) bond motifs is 1. The molecule has 2 amide bonds. The number of carbonyl (C=O) groups excluding carboxylic acids is 2. The zero-order chi connectivity index (χ0) is 22.7. The van der Waals surface area contributed by atoms with Gasteiger partial charge >= 0.3 is 0 Å². The molecule has 2 heterocycles. The first kappa shape index (κ1) is 22.0. The molecule has 168 valence electrons. The molecule has 8 nitrogen and oxygen atoms in total. The van der Waals surface area contributed by atoms with Crippen molar-refractivity contribution in [3.63, 3.8) is 0 Å². The molecule has 2 atom stereocenters. The summed E-state index contributed by atoms with van der Waals surface area (Å²) in [4.78, 5) is 28.6. The van der Waals surface area contributed by atoms with Gasteiger partial charge in [0.15, 0.2) is 0 Å². The van der Waals surface area contributed by atoms with Crippen molar-refractivity contribution < 1.29 is 18.0 Å². The minimum absolute atomic E-state index is 0.143. The normalized spacial score (nSPS) is 18.3. The first-order valence-electron chi connectivity index (χ1n) is 10.6. The van der Waals surface area contributed by atoms with E-state index in [9.17, 15) is 18.0 Å². The van der Waals surface area contributed by atoms with Crippen molar-refractivity contribution in [2.45, 2.75) is 42.7 Å². The second-order valence-corrected chi connectivity index (χ2v) is 9.86. The number of aromatic amines is 1. The maximum Gasteiger partial charge on any atom is 0.243 e. The van der Waals surface area contributed by atoms with E-state index in [1.165, 1.54) is 16.4 Å². The molecular formula is C23H26N4O4S. The number of para-hydroxylation sites is 1. The maximum atomic E-state index is 13.2. The Hall–Kier alpha value is -3.17. The molecule has 0 unspecified atom stereocenters. The number of H-pyrrole nitrogens is 1. The summed E-state index contributed by atoms with van der Waals surface area (Å²) >= 11 is 0. The first-order chi connectivity index (χ1) is 15.4. The lowest BCUT2D eigenvalue weighted by Crippen LogP contribution is -2.56. The van der Waals surface area contributed by atoms with Gasteiger partial charge in [0.05, 0.1) is 4.90 Å². The average Bonchev–Trinajstić information content (AvgIpc) is 3.22. The van der Waals surface area contributed by atoms with Crippen molar-refractivity contribution in [2.24, 2.45) is 5.73 Å². The van der Waals surface area contributed by atoms with Crippen LogP contribution in [0.15, 0.2) is 65.7 Å². The first-order valence-corrected chi connectivity index (χ1v) is 12.0. The Morgan fingerprint density at radius 1 is 1.09 bits per heavy atom. The summed E-state index contributed by atoms with van der Waals surface area (Å²) in [7, 11) is -3.84. The maximum absolute atomic E-state index is 13.2. The Labute approximate surface area is 186 Å². The van der Waals surface area contributed by atoms with E-state index in [1.807, 2.05) is 24.3 Å². The molecular weight excluding hydrogens is 428 g/mol. The summed E-state index contributed by atoms with van der Waals surface area (Å²) in [5.74, 6) is -1.18. The number of nitrogens with two attached hydrogens (primary N) is 1. The lowest BCUT2D eigenvalue weighted by Gasteiger charge is -2.34. The Morgan fingerprint density at radius 3 is 2.56 bits per heavy atom. The lowest BCUT2D eigenvalue weighted by atomic mass is 10.0. The fourth-order valence-corrected chi connectivity index (χ4v) is 5.87. The van der Waals surface area contributed by atoms with Crippen molar-refractivity contribution in [3.8, 4) is 0 Å². The molecule has 0 saturated carbocycles. The smallest absolute Gasteiger partial charge is 0.243 e. The number of hydrogen-bond donors (Lipinski definition) is 3. The van der Waals surface area contributed by atoms with Gasteiger partial charge in [0, 0.05) is 30.1 Å². The Bertz CT molecular complexity index is 1220. The molecule has 1 fully saturated rings. The highest BCUT2D eigenvalue weighted by atomic mass is 32.2. The van der Waals surface area contributed by atoms with Crippen LogP contribution >= 0.6 is 0 Å². The highest BCUT2D eigenvalue weighted by Gasteiger charge is 2.38. The third-order valence-corrected chi connectivity index (χ3v) is 7.79. The van der Waals surface area contributed by atoms with E-state index >= 15 is 0 Å². The Balaban J connectivity index is 1.55. The summed E-state index contributed by atoms with van der Waals surface area (Å²) < 4.78 is 27.6. The van der Waals surface area contributed by atoms with Crippen LogP contribution in [0.5, 0.6) is 0 Å². The van der Waals surface area contributed by atoms with Gasteiger partial charge in [0.2, 0.25) is 21.8 Å². The molecule has 4 N–H and O–H groups in total. The Morgan fingerprint density at radius 2 is 1.81 bits per heavy atom. The van der Waals surface area contributed by atoms with Crippen LogP contribution in [0.4, 0.5) is 0 Å². The number of nitrogens with zero attached hydrogens (tertiary/aromatic N) is 1. The molecule has 9 heteroatoms. The number of benzene rings is 2. The second kappa shape index (κ2) is 9.13. The molecule has 4 rings (SSSR count). The van der Waals surface area contributed by atoms with E-state index in [1.54, 1.807) is 24.4 Å². The highest BCUT2D eigenvalue weighted by molar-refractivity contribution is 7.89. The highest BCUT2D eigenvalue weighted by Crippen LogP contribution is 2.26. The molecule has 1 saturated heterocycles. The predicted octanol–water partition coefficient (Wildman–Crippen LogP) is 1.92. The molecule has 0 aliphatic carbocycles. The number of piperidine rings is 1. The van der Waals surface area contributed by atoms with Crippen molar-refractivity contribution in [1.29, 1.82) is 0 Å². The quantitative estimate of drug-likeness (QED) is 0.504. The van der Waals surface area contributed by atoms with Crippen LogP contribution in [0.25, 0.3) is 10.9 Å². The zero-order valence-electron chi connectivity index (χ0n) is 17.5. The number of sulfonamides is 1. The number of rotatable bonds is 7. The summed E-state index contributed by atoms with van der Waals surface area (Å²) in [6, 6.07) is 13.9. The zero-order valence-corrected chi connectivity index (χ0v) is 18.3. The van der Waals surface area contributed by atoms with Crippen LogP contribution in [-0.4, -0.2) is 48.1 Å². The fraction of sp³-hybridized carbons (Fsp3) is 0.304. The number of hydrogen-bond acceptors (Lipinski definition) is 4. The SMILES string of the molecule is NC(=O)[C@@H](Cc1c[nH]c2ccccc12)NC(=O)[C@@H]1CCCCN1S(=O)(=O)c1ccccc1. The molecule has 1 aliphatic heterocycles. The van der Waals surface area contributed by atoms with Gasteiger partial charge in [0.25, 0.3) is 0 Å². The third-order valence-electron chi connectivity index (χ3n) is 5.87. The van der Waals surface area contributed by atoms with E-state index in [-0.39, 0.29) is 17.9 Å². The molecule has 0 spiro atoms. The van der Waals surface area contributed by atoms with Crippen molar-refractivity contribution >= 4 is 32.7 Å². The number of amides is 2. The van der Waals surface area contributed by atoms with Gasteiger partial charge in [-0.3, -0.25) is 9.59 Å². The van der Waals surface area contributed by atoms with Crippen LogP contribution in [-0.2, 0) is 26.0 Å². The summed E-state index contributed by atoms with van der Waals surface area (Å²) in [5, 5.41) is 3.65. The average molecular weight is 455 g/mol. The number of aromatic nitrogens is 1. The number of carbonyl (C=O) groups is 2. The number of nitrogens with one attached hydrogen (secondary N) is 2. The second-order valence-electron chi connectivity index (χ2n) is 7.97. The van der Waals surface area contributed by atoms with E-state index in [4.69, 9.17) is 5.73 Å². The lowest BCUT2D eigenvalue weighted by molar-refractivity contribution is -0.130. The predicted molar refractivity (Wildman–Crippen MR) is 121 cm³/mol. The van der Waals surface area contributed by atoms with Crippen LogP contribution in [0.2, 0.25) is 0 Å². The van der Waals surface area contributed by atoms with E-state index in [0.717, 1.165) is 22.9 Å². The molecule has 32 heavy (non-hydrogen) atoms. The largest absolute Gasteiger partial charge is 0.368 e. The van der Waals surface area contributed by atoms with Crippen LogP contribution in [0, 0.1) is 0 Å². The molecule has 1 aromatic heterocycles.